The van der Waals surface area contributed by atoms with Crippen molar-refractivity contribution in [3.63, 3.8) is 0 Å². The van der Waals surface area contributed by atoms with Crippen LogP contribution in [-0.2, 0) is 4.79 Å². The van der Waals surface area contributed by atoms with E-state index in [1.54, 1.807) is 24.3 Å². The number of ketones is 1. The average molecular weight is 357 g/mol. The highest BCUT2D eigenvalue weighted by Gasteiger charge is 2.38. The Labute approximate surface area is 156 Å². The summed E-state index contributed by atoms with van der Waals surface area (Å²) in [4.78, 5) is 26.6. The Morgan fingerprint density at radius 3 is 2.04 bits per heavy atom. The molecule has 2 saturated carbocycles. The molecular formula is C22H31NO3. The number of Topliss-reactive ketones (excluding diaryl/α,β-unsaturated/α-hetero) is 1. The van der Waals surface area contributed by atoms with E-state index < -0.39 is 0 Å². The van der Waals surface area contributed by atoms with Gasteiger partial charge in [0.2, 0.25) is 0 Å². The molecule has 0 heterocycles. The first-order valence-electron chi connectivity index (χ1n) is 10.2. The van der Waals surface area contributed by atoms with Gasteiger partial charge in [0.05, 0.1) is 0 Å². The minimum atomic E-state index is 0.0886. The minimum absolute atomic E-state index is 0.0886. The van der Waals surface area contributed by atoms with Gasteiger partial charge in [-0.15, -0.1) is 0 Å². The molecule has 0 aromatic heterocycles. The van der Waals surface area contributed by atoms with E-state index in [4.69, 9.17) is 4.74 Å². The molecule has 26 heavy (non-hydrogen) atoms. The molecule has 4 heteroatoms. The molecule has 2 aliphatic rings. The van der Waals surface area contributed by atoms with Crippen LogP contribution in [0.4, 0.5) is 0 Å². The zero-order valence-electron chi connectivity index (χ0n) is 16.1. The van der Waals surface area contributed by atoms with Gasteiger partial charge in [-0.3, -0.25) is 9.59 Å². The summed E-state index contributed by atoms with van der Waals surface area (Å²) in [6.45, 7) is 4.21. The van der Waals surface area contributed by atoms with Gasteiger partial charge in [0.1, 0.15) is 5.75 Å². The molecule has 0 radical (unpaired) electrons. The first-order chi connectivity index (χ1) is 12.6. The fraction of sp³-hybridized carbons (Fsp3) is 0.636. The Bertz CT molecular complexity index is 613. The number of rotatable bonds is 8. The van der Waals surface area contributed by atoms with Crippen LogP contribution in [0.3, 0.4) is 0 Å². The van der Waals surface area contributed by atoms with E-state index in [-0.39, 0.29) is 18.3 Å². The Balaban J connectivity index is 1.54. The van der Waals surface area contributed by atoms with Gasteiger partial charge >= 0.3 is 0 Å². The Hall–Kier alpha value is -1.84. The average Bonchev–Trinajstić information content (AvgIpc) is 3.52. The summed E-state index contributed by atoms with van der Waals surface area (Å²) in [5.41, 5.74) is 0.693. The molecule has 0 N–H and O–H groups in total. The molecule has 4 nitrogen and oxygen atoms in total. The molecule has 0 aliphatic heterocycles. The number of amides is 1. The molecule has 3 rings (SSSR count). The topological polar surface area (TPSA) is 46.6 Å². The SMILES string of the molecule is CCC(=O)c1ccc(OCC(=O)N(C2CCC(CC)CC2)C2CC2)cc1. The summed E-state index contributed by atoms with van der Waals surface area (Å²) in [6, 6.07) is 7.94. The van der Waals surface area contributed by atoms with Crippen molar-refractivity contribution in [2.24, 2.45) is 5.92 Å². The maximum atomic E-state index is 12.8. The zero-order valence-corrected chi connectivity index (χ0v) is 16.1. The van der Waals surface area contributed by atoms with Crippen molar-refractivity contribution in [1.29, 1.82) is 0 Å². The van der Waals surface area contributed by atoms with Crippen molar-refractivity contribution < 1.29 is 14.3 Å². The highest BCUT2D eigenvalue weighted by molar-refractivity contribution is 5.95. The van der Waals surface area contributed by atoms with Crippen LogP contribution in [-0.4, -0.2) is 35.3 Å². The van der Waals surface area contributed by atoms with Crippen molar-refractivity contribution in [1.82, 2.24) is 4.90 Å². The zero-order chi connectivity index (χ0) is 18.5. The van der Waals surface area contributed by atoms with Crippen molar-refractivity contribution in [2.75, 3.05) is 6.61 Å². The lowest BCUT2D eigenvalue weighted by atomic mass is 9.84. The fourth-order valence-corrected chi connectivity index (χ4v) is 4.05. The molecule has 0 unspecified atom stereocenters. The second-order valence-corrected chi connectivity index (χ2v) is 7.70. The van der Waals surface area contributed by atoms with Crippen molar-refractivity contribution in [2.45, 2.75) is 77.3 Å². The molecule has 0 spiro atoms. The molecule has 0 atom stereocenters. The van der Waals surface area contributed by atoms with Crippen LogP contribution in [0.15, 0.2) is 24.3 Å². The van der Waals surface area contributed by atoms with Crippen LogP contribution in [0, 0.1) is 5.92 Å². The summed E-state index contributed by atoms with van der Waals surface area (Å²) >= 11 is 0. The van der Waals surface area contributed by atoms with E-state index in [0.717, 1.165) is 31.6 Å². The van der Waals surface area contributed by atoms with E-state index in [1.165, 1.54) is 19.3 Å². The third kappa shape index (κ3) is 4.66. The van der Waals surface area contributed by atoms with Crippen LogP contribution in [0.2, 0.25) is 0 Å². The van der Waals surface area contributed by atoms with Gasteiger partial charge in [-0.05, 0) is 68.7 Å². The van der Waals surface area contributed by atoms with Crippen LogP contribution in [0.25, 0.3) is 0 Å². The van der Waals surface area contributed by atoms with Gasteiger partial charge in [0, 0.05) is 24.1 Å². The monoisotopic (exact) mass is 357 g/mol. The third-order valence-electron chi connectivity index (χ3n) is 5.87. The highest BCUT2D eigenvalue weighted by Crippen LogP contribution is 2.36. The molecule has 0 saturated heterocycles. The number of nitrogens with zero attached hydrogens (tertiary/aromatic N) is 1. The second kappa shape index (κ2) is 8.70. The quantitative estimate of drug-likeness (QED) is 0.638. The van der Waals surface area contributed by atoms with Gasteiger partial charge in [-0.2, -0.15) is 0 Å². The summed E-state index contributed by atoms with van der Waals surface area (Å²) < 4.78 is 5.73. The summed E-state index contributed by atoms with van der Waals surface area (Å²) in [5, 5.41) is 0. The Kier molecular flexibility index (Phi) is 6.33. The molecule has 0 bridgehead atoms. The van der Waals surface area contributed by atoms with Gasteiger partial charge < -0.3 is 9.64 Å². The lowest BCUT2D eigenvalue weighted by Gasteiger charge is -2.37. The maximum Gasteiger partial charge on any atom is 0.261 e. The molecular weight excluding hydrogens is 326 g/mol. The van der Waals surface area contributed by atoms with Gasteiger partial charge in [0.25, 0.3) is 5.91 Å². The number of carbonyl (C=O) groups excluding carboxylic acids is 2. The molecule has 2 fully saturated rings. The predicted octanol–water partition coefficient (Wildman–Crippen LogP) is 4.62. The van der Waals surface area contributed by atoms with E-state index in [1.807, 2.05) is 6.92 Å². The minimum Gasteiger partial charge on any atom is -0.484 e. The normalized spacial score (nSPS) is 22.7. The molecule has 1 amide bonds. The summed E-state index contributed by atoms with van der Waals surface area (Å²) in [6.07, 6.45) is 8.76. The van der Waals surface area contributed by atoms with E-state index >= 15 is 0 Å². The first kappa shape index (κ1) is 18.9. The standard InChI is InChI=1S/C22H31NO3/c1-3-16-5-9-18(10-6-16)23(19-11-12-19)22(25)15-26-20-13-7-17(8-14-20)21(24)4-2/h7-8,13-14,16,18-19H,3-6,9-12,15H2,1-2H3. The number of benzene rings is 1. The molecule has 142 valence electrons. The van der Waals surface area contributed by atoms with Crippen LogP contribution in [0.5, 0.6) is 5.75 Å². The van der Waals surface area contributed by atoms with Crippen molar-refractivity contribution in [3.8, 4) is 5.75 Å². The lowest BCUT2D eigenvalue weighted by Crippen LogP contribution is -2.45. The summed E-state index contributed by atoms with van der Waals surface area (Å²) in [5.74, 6) is 1.72. The summed E-state index contributed by atoms with van der Waals surface area (Å²) in [7, 11) is 0. The molecule has 2 aliphatic carbocycles. The van der Waals surface area contributed by atoms with Crippen molar-refractivity contribution >= 4 is 11.7 Å². The number of hydrogen-bond donors (Lipinski definition) is 0. The second-order valence-electron chi connectivity index (χ2n) is 7.70. The van der Waals surface area contributed by atoms with Crippen LogP contribution in [0.1, 0.15) is 75.6 Å². The van der Waals surface area contributed by atoms with Gasteiger partial charge in [-0.25, -0.2) is 0 Å². The maximum absolute atomic E-state index is 12.8. The molecule has 1 aromatic carbocycles. The van der Waals surface area contributed by atoms with E-state index in [0.29, 0.717) is 29.8 Å². The fourth-order valence-electron chi connectivity index (χ4n) is 4.05. The first-order valence-corrected chi connectivity index (χ1v) is 10.2. The van der Waals surface area contributed by atoms with E-state index in [9.17, 15) is 9.59 Å². The van der Waals surface area contributed by atoms with Crippen molar-refractivity contribution in [3.05, 3.63) is 29.8 Å². The Morgan fingerprint density at radius 1 is 0.962 bits per heavy atom. The number of hydrogen-bond acceptors (Lipinski definition) is 3. The largest absolute Gasteiger partial charge is 0.484 e. The van der Waals surface area contributed by atoms with E-state index in [2.05, 4.69) is 11.8 Å². The number of ether oxygens (including phenoxy) is 1. The van der Waals surface area contributed by atoms with Gasteiger partial charge in [-0.1, -0.05) is 20.3 Å². The Morgan fingerprint density at radius 2 is 1.54 bits per heavy atom. The smallest absolute Gasteiger partial charge is 0.261 e. The van der Waals surface area contributed by atoms with Gasteiger partial charge in [0.15, 0.2) is 12.4 Å². The highest BCUT2D eigenvalue weighted by atomic mass is 16.5. The predicted molar refractivity (Wildman–Crippen MR) is 102 cm³/mol. The van der Waals surface area contributed by atoms with Crippen LogP contribution >= 0.6 is 0 Å². The lowest BCUT2D eigenvalue weighted by molar-refractivity contribution is -0.137. The molecule has 1 aromatic rings. The van der Waals surface area contributed by atoms with Crippen LogP contribution < -0.4 is 4.74 Å². The number of carbonyl (C=O) groups is 2. The third-order valence-corrected chi connectivity index (χ3v) is 5.87.